The number of hydrogen-bond donors (Lipinski definition) is 0. The minimum atomic E-state index is -3.61. The third kappa shape index (κ3) is 2.44. The van der Waals surface area contributed by atoms with E-state index >= 15 is 0 Å². The van der Waals surface area contributed by atoms with Crippen LogP contribution in [-0.2, 0) is 10.0 Å². The molecule has 0 saturated heterocycles. The zero-order valence-corrected chi connectivity index (χ0v) is 12.1. The molecule has 1 aromatic heterocycles. The largest absolute Gasteiger partial charge is 0.492 e. The smallest absolute Gasteiger partial charge is 0.271 e. The van der Waals surface area contributed by atoms with Crippen LogP contribution in [0.3, 0.4) is 0 Å². The molecule has 0 aliphatic heterocycles. The van der Waals surface area contributed by atoms with E-state index in [1.807, 2.05) is 6.92 Å². The molecule has 96 valence electrons. The van der Waals surface area contributed by atoms with Crippen LogP contribution in [0.4, 0.5) is 0 Å². The highest BCUT2D eigenvalue weighted by Crippen LogP contribution is 2.29. The van der Waals surface area contributed by atoms with Crippen molar-refractivity contribution in [1.82, 2.24) is 3.97 Å². The Morgan fingerprint density at radius 2 is 1.94 bits per heavy atom. The Labute approximate surface area is 114 Å². The summed E-state index contributed by atoms with van der Waals surface area (Å²) in [6.45, 7) is 2.23. The van der Waals surface area contributed by atoms with Crippen LogP contribution >= 0.6 is 15.9 Å². The maximum atomic E-state index is 12.4. The quantitative estimate of drug-likeness (QED) is 0.866. The van der Waals surface area contributed by atoms with E-state index in [-0.39, 0.29) is 4.90 Å². The van der Waals surface area contributed by atoms with Crippen LogP contribution in [0.25, 0.3) is 0 Å². The zero-order valence-electron chi connectivity index (χ0n) is 9.71. The summed E-state index contributed by atoms with van der Waals surface area (Å²) < 4.78 is 32.0. The van der Waals surface area contributed by atoms with Gasteiger partial charge in [0, 0.05) is 16.9 Å². The lowest BCUT2D eigenvalue weighted by Crippen LogP contribution is -2.12. The van der Waals surface area contributed by atoms with Gasteiger partial charge in [-0.15, -0.1) is 0 Å². The Kier molecular flexibility index (Phi) is 3.77. The van der Waals surface area contributed by atoms with E-state index in [4.69, 9.17) is 4.74 Å². The first kappa shape index (κ1) is 13.2. The molecule has 0 fully saturated rings. The van der Waals surface area contributed by atoms with Gasteiger partial charge in [-0.05, 0) is 37.3 Å². The minimum absolute atomic E-state index is 0.148. The second-order valence-corrected chi connectivity index (χ2v) is 6.27. The zero-order chi connectivity index (χ0) is 13.2. The van der Waals surface area contributed by atoms with Crippen molar-refractivity contribution in [2.75, 3.05) is 6.61 Å². The van der Waals surface area contributed by atoms with Crippen molar-refractivity contribution in [3.8, 4) is 5.75 Å². The molecule has 0 aliphatic rings. The number of nitrogens with zero attached hydrogens (tertiary/aromatic N) is 1. The van der Waals surface area contributed by atoms with Gasteiger partial charge in [0.05, 0.1) is 6.61 Å². The summed E-state index contributed by atoms with van der Waals surface area (Å²) in [5.41, 5.74) is 0. The van der Waals surface area contributed by atoms with Crippen molar-refractivity contribution in [1.29, 1.82) is 0 Å². The lowest BCUT2D eigenvalue weighted by molar-refractivity contribution is 0.331. The van der Waals surface area contributed by atoms with Crippen molar-refractivity contribution in [2.24, 2.45) is 0 Å². The van der Waals surface area contributed by atoms with Crippen LogP contribution in [-0.4, -0.2) is 19.0 Å². The summed E-state index contributed by atoms with van der Waals surface area (Å²) in [7, 11) is -3.61. The normalized spacial score (nSPS) is 11.4. The number of halogens is 1. The van der Waals surface area contributed by atoms with Crippen molar-refractivity contribution < 1.29 is 13.2 Å². The van der Waals surface area contributed by atoms with Gasteiger partial charge in [-0.1, -0.05) is 15.9 Å². The second-order valence-electron chi connectivity index (χ2n) is 3.54. The van der Waals surface area contributed by atoms with Gasteiger partial charge in [0.1, 0.15) is 10.6 Å². The molecule has 1 aromatic carbocycles. The highest BCUT2D eigenvalue weighted by atomic mass is 79.9. The van der Waals surface area contributed by atoms with Gasteiger partial charge in [-0.2, -0.15) is 0 Å². The molecule has 2 rings (SSSR count). The topological polar surface area (TPSA) is 48.3 Å². The predicted molar refractivity (Wildman–Crippen MR) is 72.3 cm³/mol. The predicted octanol–water partition coefficient (Wildman–Crippen LogP) is 2.89. The van der Waals surface area contributed by atoms with Gasteiger partial charge < -0.3 is 4.74 Å². The molecular formula is C12H12BrNO3S. The summed E-state index contributed by atoms with van der Waals surface area (Å²) in [4.78, 5) is 0.148. The fraction of sp³-hybridized carbons (Fsp3) is 0.167. The molecule has 1 heterocycles. The lowest BCUT2D eigenvalue weighted by atomic mass is 10.3. The Hall–Kier alpha value is -1.27. The standard InChI is InChI=1S/C12H12BrNO3S/c1-2-17-11-6-5-10(13)9-12(11)18(15,16)14-7-3-4-8-14/h3-9H,2H2,1H3. The number of benzene rings is 1. The van der Waals surface area contributed by atoms with E-state index in [0.717, 1.165) is 3.97 Å². The molecule has 0 radical (unpaired) electrons. The summed E-state index contributed by atoms with van der Waals surface area (Å²) in [6, 6.07) is 8.26. The maximum absolute atomic E-state index is 12.4. The first-order valence-electron chi connectivity index (χ1n) is 5.36. The monoisotopic (exact) mass is 329 g/mol. The van der Waals surface area contributed by atoms with E-state index in [1.165, 1.54) is 12.4 Å². The summed E-state index contributed by atoms with van der Waals surface area (Å²) >= 11 is 3.27. The first-order chi connectivity index (χ1) is 8.55. The van der Waals surface area contributed by atoms with Crippen LogP contribution in [0.1, 0.15) is 6.92 Å². The molecule has 2 aromatic rings. The summed E-state index contributed by atoms with van der Waals surface area (Å²) in [5.74, 6) is 0.356. The van der Waals surface area contributed by atoms with Gasteiger partial charge in [-0.25, -0.2) is 12.4 Å². The fourth-order valence-electron chi connectivity index (χ4n) is 1.55. The van der Waals surface area contributed by atoms with Gasteiger partial charge in [0.25, 0.3) is 10.0 Å². The van der Waals surface area contributed by atoms with Crippen molar-refractivity contribution in [3.63, 3.8) is 0 Å². The molecule has 0 atom stereocenters. The lowest BCUT2D eigenvalue weighted by Gasteiger charge is -2.12. The van der Waals surface area contributed by atoms with Gasteiger partial charge >= 0.3 is 0 Å². The van der Waals surface area contributed by atoms with E-state index < -0.39 is 10.0 Å². The highest BCUT2D eigenvalue weighted by molar-refractivity contribution is 9.10. The third-order valence-electron chi connectivity index (χ3n) is 2.34. The van der Waals surface area contributed by atoms with E-state index in [9.17, 15) is 8.42 Å². The van der Waals surface area contributed by atoms with E-state index in [2.05, 4.69) is 15.9 Å². The van der Waals surface area contributed by atoms with Crippen molar-refractivity contribution in [3.05, 3.63) is 47.2 Å². The SMILES string of the molecule is CCOc1ccc(Br)cc1S(=O)(=O)n1cccc1. The fourth-order valence-corrected chi connectivity index (χ4v) is 3.41. The maximum Gasteiger partial charge on any atom is 0.271 e. The molecule has 6 heteroatoms. The van der Waals surface area contributed by atoms with Crippen LogP contribution in [0.5, 0.6) is 5.75 Å². The van der Waals surface area contributed by atoms with Crippen molar-refractivity contribution >= 4 is 26.0 Å². The van der Waals surface area contributed by atoms with Crippen LogP contribution in [0.2, 0.25) is 0 Å². The second kappa shape index (κ2) is 5.16. The molecule has 0 aliphatic carbocycles. The molecule has 0 unspecified atom stereocenters. The highest BCUT2D eigenvalue weighted by Gasteiger charge is 2.21. The van der Waals surface area contributed by atoms with Crippen LogP contribution < -0.4 is 4.74 Å². The van der Waals surface area contributed by atoms with Crippen molar-refractivity contribution in [2.45, 2.75) is 11.8 Å². The molecule has 0 saturated carbocycles. The average molecular weight is 330 g/mol. The van der Waals surface area contributed by atoms with Crippen LogP contribution in [0.15, 0.2) is 52.1 Å². The molecule has 0 N–H and O–H groups in total. The van der Waals surface area contributed by atoms with Gasteiger partial charge in [0.15, 0.2) is 0 Å². The Morgan fingerprint density at radius 1 is 1.28 bits per heavy atom. The van der Waals surface area contributed by atoms with Gasteiger partial charge in [-0.3, -0.25) is 0 Å². The van der Waals surface area contributed by atoms with E-state index in [0.29, 0.717) is 16.8 Å². The number of hydrogen-bond acceptors (Lipinski definition) is 3. The first-order valence-corrected chi connectivity index (χ1v) is 7.60. The third-order valence-corrected chi connectivity index (χ3v) is 4.50. The van der Waals surface area contributed by atoms with E-state index in [1.54, 1.807) is 30.3 Å². The Morgan fingerprint density at radius 3 is 2.56 bits per heavy atom. The Bertz CT molecular complexity index is 635. The number of rotatable bonds is 4. The summed E-state index contributed by atoms with van der Waals surface area (Å²) in [6.07, 6.45) is 2.98. The molecule has 18 heavy (non-hydrogen) atoms. The number of ether oxygens (including phenoxy) is 1. The number of aromatic nitrogens is 1. The minimum Gasteiger partial charge on any atom is -0.492 e. The molecule has 0 bridgehead atoms. The summed E-state index contributed by atoms with van der Waals surface area (Å²) in [5, 5.41) is 0. The molecule has 4 nitrogen and oxygen atoms in total. The van der Waals surface area contributed by atoms with Crippen LogP contribution in [0, 0.1) is 0 Å². The van der Waals surface area contributed by atoms with Gasteiger partial charge in [0.2, 0.25) is 0 Å². The Balaban J connectivity index is 2.59. The average Bonchev–Trinajstić information content (AvgIpc) is 2.86. The molecule has 0 amide bonds. The molecular weight excluding hydrogens is 318 g/mol. The molecule has 0 spiro atoms.